The number of hydrogen-bond acceptors (Lipinski definition) is 3. The number of halogens is 1. The van der Waals surface area contributed by atoms with Crippen LogP contribution in [0.1, 0.15) is 12.5 Å². The fourth-order valence-corrected chi connectivity index (χ4v) is 2.51. The molecule has 0 bridgehead atoms. The second-order valence-corrected chi connectivity index (χ2v) is 6.18. The van der Waals surface area contributed by atoms with Crippen molar-refractivity contribution in [2.75, 3.05) is 4.72 Å². The van der Waals surface area contributed by atoms with Crippen molar-refractivity contribution in [3.05, 3.63) is 29.6 Å². The molecule has 0 radical (unpaired) electrons. The molecule has 0 aromatic heterocycles. The molecule has 0 fully saturated rings. The summed E-state index contributed by atoms with van der Waals surface area (Å²) in [5.74, 6) is -0.509. The Hall–Kier alpha value is -1.21. The lowest BCUT2D eigenvalue weighted by atomic mass is 10.2. The molecule has 0 aliphatic rings. The molecule has 1 atom stereocenters. The van der Waals surface area contributed by atoms with E-state index in [2.05, 4.69) is 16.9 Å². The molecule has 0 heterocycles. The lowest BCUT2D eigenvalue weighted by molar-refractivity contribution is 0.598. The number of nitrogens with one attached hydrogen (secondary N) is 1. The van der Waals surface area contributed by atoms with Crippen LogP contribution in [-0.2, 0) is 10.0 Å². The van der Waals surface area contributed by atoms with Crippen LogP contribution >= 0.6 is 12.2 Å². The molecule has 0 amide bonds. The second kappa shape index (κ2) is 4.97. The zero-order valence-corrected chi connectivity index (χ0v) is 11.0. The average Bonchev–Trinajstić information content (AvgIpc) is 2.13. The number of nitrogens with two attached hydrogens (primary N) is 1. The fraction of sp³-hybridized carbons (Fsp3) is 0.300. The van der Waals surface area contributed by atoms with E-state index in [-0.39, 0.29) is 10.7 Å². The van der Waals surface area contributed by atoms with Gasteiger partial charge < -0.3 is 5.73 Å². The normalized spacial score (nSPS) is 13.1. The Kier molecular flexibility index (Phi) is 4.05. The van der Waals surface area contributed by atoms with E-state index in [4.69, 9.17) is 5.73 Å². The fourth-order valence-electron chi connectivity index (χ4n) is 1.20. The van der Waals surface area contributed by atoms with E-state index in [1.165, 1.54) is 19.1 Å². The molecule has 0 saturated carbocycles. The van der Waals surface area contributed by atoms with Crippen LogP contribution in [-0.4, -0.2) is 18.7 Å². The van der Waals surface area contributed by atoms with Crippen molar-refractivity contribution in [3.63, 3.8) is 0 Å². The quantitative estimate of drug-likeness (QED) is 0.818. The van der Waals surface area contributed by atoms with Crippen LogP contribution < -0.4 is 10.5 Å². The van der Waals surface area contributed by atoms with Crippen molar-refractivity contribution in [2.45, 2.75) is 19.1 Å². The number of benzene rings is 1. The van der Waals surface area contributed by atoms with Gasteiger partial charge in [-0.2, -0.15) is 0 Å². The SMILES string of the molecule is Cc1cc(F)cc(NS(=O)(=O)C(C)C(N)=S)c1. The lowest BCUT2D eigenvalue weighted by Crippen LogP contribution is -2.35. The average molecular weight is 276 g/mol. The third-order valence-corrected chi connectivity index (χ3v) is 4.38. The minimum absolute atomic E-state index is 0.134. The van der Waals surface area contributed by atoms with Crippen molar-refractivity contribution in [1.29, 1.82) is 0 Å². The Morgan fingerprint density at radius 1 is 1.47 bits per heavy atom. The molecule has 17 heavy (non-hydrogen) atoms. The Morgan fingerprint density at radius 2 is 2.06 bits per heavy atom. The molecule has 94 valence electrons. The highest BCUT2D eigenvalue weighted by atomic mass is 32.2. The van der Waals surface area contributed by atoms with Crippen LogP contribution in [0.4, 0.5) is 10.1 Å². The first-order valence-corrected chi connectivity index (χ1v) is 6.76. The molecule has 7 heteroatoms. The van der Waals surface area contributed by atoms with E-state index in [0.717, 1.165) is 6.07 Å². The minimum Gasteiger partial charge on any atom is -0.392 e. The number of aryl methyl sites for hydroxylation is 1. The van der Waals surface area contributed by atoms with Crippen LogP contribution in [0.25, 0.3) is 0 Å². The highest BCUT2D eigenvalue weighted by Gasteiger charge is 2.23. The van der Waals surface area contributed by atoms with Crippen molar-refractivity contribution < 1.29 is 12.8 Å². The molecule has 0 aliphatic carbocycles. The molecule has 1 rings (SSSR count). The first-order valence-electron chi connectivity index (χ1n) is 4.80. The molecule has 3 N–H and O–H groups in total. The Morgan fingerprint density at radius 3 is 2.53 bits per heavy atom. The molecular weight excluding hydrogens is 263 g/mol. The van der Waals surface area contributed by atoms with E-state index in [9.17, 15) is 12.8 Å². The summed E-state index contributed by atoms with van der Waals surface area (Å²) < 4.78 is 38.8. The maximum atomic E-state index is 13.1. The summed E-state index contributed by atoms with van der Waals surface area (Å²) in [5, 5.41) is -1.01. The van der Waals surface area contributed by atoms with Gasteiger partial charge in [0.05, 0.1) is 10.7 Å². The lowest BCUT2D eigenvalue weighted by Gasteiger charge is -2.13. The predicted octanol–water partition coefficient (Wildman–Crippen LogP) is 1.55. The first-order chi connectivity index (χ1) is 7.72. The largest absolute Gasteiger partial charge is 0.392 e. The molecule has 0 aliphatic heterocycles. The Labute approximate surface area is 105 Å². The van der Waals surface area contributed by atoms with Crippen molar-refractivity contribution in [3.8, 4) is 0 Å². The standard InChI is InChI=1S/C10H13FN2O2S2/c1-6-3-8(11)5-9(4-6)13-17(14,15)7(2)10(12)16/h3-5,7,13H,1-2H3,(H2,12,16). The van der Waals surface area contributed by atoms with Gasteiger partial charge in [-0.3, -0.25) is 4.72 Å². The van der Waals surface area contributed by atoms with E-state index in [0.29, 0.717) is 5.56 Å². The zero-order valence-electron chi connectivity index (χ0n) is 9.40. The molecule has 1 aromatic rings. The Balaban J connectivity index is 3.02. The van der Waals surface area contributed by atoms with Gasteiger partial charge in [0.1, 0.15) is 11.1 Å². The Bertz CT molecular complexity index is 523. The minimum atomic E-state index is -3.73. The van der Waals surface area contributed by atoms with Gasteiger partial charge in [0.15, 0.2) is 0 Å². The highest BCUT2D eigenvalue weighted by Crippen LogP contribution is 2.16. The van der Waals surface area contributed by atoms with Gasteiger partial charge in [0.2, 0.25) is 10.0 Å². The summed E-state index contributed by atoms with van der Waals surface area (Å²) in [4.78, 5) is -0.134. The van der Waals surface area contributed by atoms with E-state index < -0.39 is 21.1 Å². The third-order valence-electron chi connectivity index (χ3n) is 2.17. The number of anilines is 1. The number of sulfonamides is 1. The molecule has 0 saturated heterocycles. The molecule has 1 unspecified atom stereocenters. The van der Waals surface area contributed by atoms with Crippen LogP contribution in [0, 0.1) is 12.7 Å². The van der Waals surface area contributed by atoms with Gasteiger partial charge in [-0.05, 0) is 37.6 Å². The molecular formula is C10H13FN2O2S2. The van der Waals surface area contributed by atoms with Gasteiger partial charge >= 0.3 is 0 Å². The summed E-state index contributed by atoms with van der Waals surface area (Å²) in [7, 11) is -3.73. The van der Waals surface area contributed by atoms with Gasteiger partial charge in [-0.1, -0.05) is 12.2 Å². The van der Waals surface area contributed by atoms with Crippen LogP contribution in [0.3, 0.4) is 0 Å². The smallest absolute Gasteiger partial charge is 0.241 e. The zero-order chi connectivity index (χ0) is 13.2. The van der Waals surface area contributed by atoms with Gasteiger partial charge in [-0.15, -0.1) is 0 Å². The molecule has 0 spiro atoms. The van der Waals surface area contributed by atoms with Crippen LogP contribution in [0.5, 0.6) is 0 Å². The van der Waals surface area contributed by atoms with E-state index in [1.54, 1.807) is 6.92 Å². The molecule has 1 aromatic carbocycles. The van der Waals surface area contributed by atoms with Crippen LogP contribution in [0.15, 0.2) is 18.2 Å². The van der Waals surface area contributed by atoms with Crippen LogP contribution in [0.2, 0.25) is 0 Å². The van der Waals surface area contributed by atoms with E-state index >= 15 is 0 Å². The third kappa shape index (κ3) is 3.64. The summed E-state index contributed by atoms with van der Waals surface area (Å²) in [6, 6.07) is 3.92. The van der Waals surface area contributed by atoms with Crippen molar-refractivity contribution in [2.24, 2.45) is 5.73 Å². The number of thiocarbonyl (C=S) groups is 1. The number of hydrogen-bond donors (Lipinski definition) is 2. The first kappa shape index (κ1) is 13.9. The van der Waals surface area contributed by atoms with Gasteiger partial charge in [-0.25, -0.2) is 12.8 Å². The number of rotatable bonds is 4. The summed E-state index contributed by atoms with van der Waals surface area (Å²) in [6.45, 7) is 3.04. The topological polar surface area (TPSA) is 72.2 Å². The molecule has 4 nitrogen and oxygen atoms in total. The summed E-state index contributed by atoms with van der Waals surface area (Å²) >= 11 is 4.62. The second-order valence-electron chi connectivity index (χ2n) is 3.71. The van der Waals surface area contributed by atoms with Crippen molar-refractivity contribution >= 4 is 32.9 Å². The van der Waals surface area contributed by atoms with Crippen molar-refractivity contribution in [1.82, 2.24) is 0 Å². The van der Waals surface area contributed by atoms with Gasteiger partial charge in [0, 0.05) is 0 Å². The van der Waals surface area contributed by atoms with E-state index in [1.807, 2.05) is 0 Å². The summed E-state index contributed by atoms with van der Waals surface area (Å²) in [5.41, 5.74) is 6.05. The monoisotopic (exact) mass is 276 g/mol. The highest BCUT2D eigenvalue weighted by molar-refractivity contribution is 7.95. The maximum Gasteiger partial charge on any atom is 0.241 e. The summed E-state index contributed by atoms with van der Waals surface area (Å²) in [6.07, 6.45) is 0. The van der Waals surface area contributed by atoms with Gasteiger partial charge in [0.25, 0.3) is 0 Å². The predicted molar refractivity (Wildman–Crippen MR) is 69.9 cm³/mol. The maximum absolute atomic E-state index is 13.1.